The Bertz CT molecular complexity index is 769. The van der Waals surface area contributed by atoms with Gasteiger partial charge in [0.1, 0.15) is 11.5 Å². The van der Waals surface area contributed by atoms with Crippen LogP contribution >= 0.6 is 0 Å². The largest absolute Gasteiger partial charge is 0.497 e. The third-order valence-electron chi connectivity index (χ3n) is 3.85. The highest BCUT2D eigenvalue weighted by Gasteiger charge is 2.16. The molecule has 0 aliphatic rings. The van der Waals surface area contributed by atoms with Gasteiger partial charge in [-0.25, -0.2) is 0 Å². The highest BCUT2D eigenvalue weighted by Crippen LogP contribution is 2.45. The Kier molecular flexibility index (Phi) is 3.67. The Morgan fingerprint density at radius 3 is 1.23 bits per heavy atom. The Balaban J connectivity index is 2.52. The summed E-state index contributed by atoms with van der Waals surface area (Å²) in [7, 11) is 6.61. The van der Waals surface area contributed by atoms with Crippen LogP contribution in [0, 0.1) is 0 Å². The van der Waals surface area contributed by atoms with Gasteiger partial charge in [-0.2, -0.15) is 0 Å². The zero-order valence-electron chi connectivity index (χ0n) is 13.1. The second-order valence-electron chi connectivity index (χ2n) is 4.89. The monoisotopic (exact) mass is 298 g/mol. The molecule has 0 bridgehead atoms. The Hall–Kier alpha value is -2.62. The molecule has 0 N–H and O–H groups in total. The highest BCUT2D eigenvalue weighted by atomic mass is 16.5. The lowest BCUT2D eigenvalue weighted by atomic mass is 9.99. The minimum absolute atomic E-state index is 0.720. The predicted molar refractivity (Wildman–Crippen MR) is 87.7 cm³/mol. The number of ether oxygens (including phenoxy) is 4. The van der Waals surface area contributed by atoms with E-state index in [1.807, 2.05) is 36.4 Å². The molecule has 114 valence electrons. The molecule has 3 aromatic rings. The normalized spacial score (nSPS) is 10.7. The van der Waals surface area contributed by atoms with Gasteiger partial charge in [-0.15, -0.1) is 0 Å². The van der Waals surface area contributed by atoms with Gasteiger partial charge in [0.15, 0.2) is 11.5 Å². The molecule has 0 unspecified atom stereocenters. The maximum atomic E-state index is 5.59. The van der Waals surface area contributed by atoms with Gasteiger partial charge in [0, 0.05) is 10.8 Å². The average molecular weight is 298 g/mol. The summed E-state index contributed by atoms with van der Waals surface area (Å²) in [6.45, 7) is 0. The summed E-state index contributed by atoms with van der Waals surface area (Å²) >= 11 is 0. The maximum Gasteiger partial charge on any atom is 0.169 e. The lowest BCUT2D eigenvalue weighted by Crippen LogP contribution is -1.95. The van der Waals surface area contributed by atoms with Crippen LogP contribution in [-0.4, -0.2) is 28.4 Å². The van der Waals surface area contributed by atoms with E-state index in [0.29, 0.717) is 0 Å². The van der Waals surface area contributed by atoms with Crippen LogP contribution in [0.4, 0.5) is 0 Å². The fraction of sp³-hybridized carbons (Fsp3) is 0.222. The number of benzene rings is 3. The summed E-state index contributed by atoms with van der Waals surface area (Å²) in [4.78, 5) is 0. The van der Waals surface area contributed by atoms with Gasteiger partial charge in [0.2, 0.25) is 0 Å². The highest BCUT2D eigenvalue weighted by molar-refractivity contribution is 6.14. The van der Waals surface area contributed by atoms with E-state index in [1.165, 1.54) is 0 Å². The van der Waals surface area contributed by atoms with Crippen molar-refractivity contribution in [1.82, 2.24) is 0 Å². The predicted octanol–water partition coefficient (Wildman–Crippen LogP) is 4.03. The van der Waals surface area contributed by atoms with Crippen LogP contribution in [0.5, 0.6) is 23.0 Å². The van der Waals surface area contributed by atoms with Gasteiger partial charge in [-0.3, -0.25) is 0 Å². The SMILES string of the molecule is COc1ccc2c(OC)c(OC)c3ccc(OC)cc3c2c1. The lowest BCUT2D eigenvalue weighted by Gasteiger charge is -2.16. The molecule has 0 radical (unpaired) electrons. The topological polar surface area (TPSA) is 36.9 Å². The van der Waals surface area contributed by atoms with Crippen LogP contribution in [0.25, 0.3) is 21.5 Å². The average Bonchev–Trinajstić information content (AvgIpc) is 2.59. The molecular formula is C18H18O4. The van der Waals surface area contributed by atoms with Crippen molar-refractivity contribution in [3.8, 4) is 23.0 Å². The maximum absolute atomic E-state index is 5.59. The van der Waals surface area contributed by atoms with Gasteiger partial charge in [0.25, 0.3) is 0 Å². The Morgan fingerprint density at radius 2 is 0.909 bits per heavy atom. The molecule has 0 spiro atoms. The molecule has 0 aliphatic heterocycles. The van der Waals surface area contributed by atoms with Crippen LogP contribution in [-0.2, 0) is 0 Å². The number of methoxy groups -OCH3 is 4. The first kappa shape index (κ1) is 14.3. The third-order valence-corrected chi connectivity index (χ3v) is 3.85. The van der Waals surface area contributed by atoms with E-state index in [1.54, 1.807) is 28.4 Å². The number of hydrogen-bond donors (Lipinski definition) is 0. The molecule has 0 aromatic heterocycles. The van der Waals surface area contributed by atoms with E-state index in [2.05, 4.69) is 0 Å². The van der Waals surface area contributed by atoms with Crippen molar-refractivity contribution in [3.05, 3.63) is 36.4 Å². The second kappa shape index (κ2) is 5.64. The second-order valence-corrected chi connectivity index (χ2v) is 4.89. The van der Waals surface area contributed by atoms with Gasteiger partial charge >= 0.3 is 0 Å². The summed E-state index contributed by atoms with van der Waals surface area (Å²) in [6, 6.07) is 11.8. The number of hydrogen-bond acceptors (Lipinski definition) is 4. The summed E-state index contributed by atoms with van der Waals surface area (Å²) < 4.78 is 21.9. The quantitative estimate of drug-likeness (QED) is 0.682. The van der Waals surface area contributed by atoms with E-state index in [0.717, 1.165) is 44.5 Å². The van der Waals surface area contributed by atoms with E-state index in [-0.39, 0.29) is 0 Å². The van der Waals surface area contributed by atoms with Crippen molar-refractivity contribution < 1.29 is 18.9 Å². The zero-order chi connectivity index (χ0) is 15.7. The van der Waals surface area contributed by atoms with Crippen molar-refractivity contribution in [1.29, 1.82) is 0 Å². The van der Waals surface area contributed by atoms with Gasteiger partial charge < -0.3 is 18.9 Å². The van der Waals surface area contributed by atoms with Crippen LogP contribution in [0.3, 0.4) is 0 Å². The first-order chi connectivity index (χ1) is 10.7. The zero-order valence-corrected chi connectivity index (χ0v) is 13.1. The van der Waals surface area contributed by atoms with Crippen LogP contribution in [0.2, 0.25) is 0 Å². The fourth-order valence-corrected chi connectivity index (χ4v) is 2.79. The van der Waals surface area contributed by atoms with Crippen LogP contribution < -0.4 is 18.9 Å². The molecule has 0 atom stereocenters. The molecule has 4 heteroatoms. The first-order valence-electron chi connectivity index (χ1n) is 6.93. The molecular weight excluding hydrogens is 280 g/mol. The van der Waals surface area contributed by atoms with Gasteiger partial charge in [0.05, 0.1) is 28.4 Å². The van der Waals surface area contributed by atoms with Crippen molar-refractivity contribution in [2.24, 2.45) is 0 Å². The Labute approximate surface area is 129 Å². The van der Waals surface area contributed by atoms with Gasteiger partial charge in [-0.1, -0.05) is 0 Å². The van der Waals surface area contributed by atoms with Crippen molar-refractivity contribution >= 4 is 21.5 Å². The molecule has 3 aromatic carbocycles. The molecule has 0 aliphatic carbocycles. The summed E-state index contributed by atoms with van der Waals surface area (Å²) in [5, 5.41) is 4.01. The van der Waals surface area contributed by atoms with Crippen LogP contribution in [0.1, 0.15) is 0 Å². The van der Waals surface area contributed by atoms with Crippen molar-refractivity contribution in [3.63, 3.8) is 0 Å². The lowest BCUT2D eigenvalue weighted by molar-refractivity contribution is 0.362. The van der Waals surface area contributed by atoms with E-state index < -0.39 is 0 Å². The smallest absolute Gasteiger partial charge is 0.169 e. The molecule has 0 saturated heterocycles. The summed E-state index contributed by atoms with van der Waals surface area (Å²) in [5.74, 6) is 3.03. The third kappa shape index (κ3) is 2.08. The van der Waals surface area contributed by atoms with E-state index >= 15 is 0 Å². The standard InChI is InChI=1S/C18H18O4/c1-19-11-5-7-13-15(9-11)16-10-12(20-2)6-8-14(16)18(22-4)17(13)21-3/h5-10H,1-4H3. The molecule has 4 nitrogen and oxygen atoms in total. The first-order valence-corrected chi connectivity index (χ1v) is 6.93. The summed E-state index contributed by atoms with van der Waals surface area (Å²) in [6.07, 6.45) is 0. The minimum atomic E-state index is 0.720. The Morgan fingerprint density at radius 1 is 0.500 bits per heavy atom. The number of rotatable bonds is 4. The molecule has 0 heterocycles. The fourth-order valence-electron chi connectivity index (χ4n) is 2.79. The van der Waals surface area contributed by atoms with E-state index in [9.17, 15) is 0 Å². The van der Waals surface area contributed by atoms with Crippen LogP contribution in [0.15, 0.2) is 36.4 Å². The molecule has 0 fully saturated rings. The molecule has 22 heavy (non-hydrogen) atoms. The summed E-state index contributed by atoms with van der Waals surface area (Å²) in [5.41, 5.74) is 0. The number of fused-ring (bicyclic) bond motifs is 3. The molecule has 3 rings (SSSR count). The van der Waals surface area contributed by atoms with Gasteiger partial charge in [-0.05, 0) is 47.2 Å². The van der Waals surface area contributed by atoms with Crippen molar-refractivity contribution in [2.45, 2.75) is 0 Å². The van der Waals surface area contributed by atoms with Crippen molar-refractivity contribution in [2.75, 3.05) is 28.4 Å². The molecule has 0 saturated carbocycles. The minimum Gasteiger partial charge on any atom is -0.497 e. The van der Waals surface area contributed by atoms with E-state index in [4.69, 9.17) is 18.9 Å². The molecule has 0 amide bonds.